The molecule has 0 atom stereocenters. The van der Waals surface area contributed by atoms with Crippen molar-refractivity contribution in [2.45, 2.75) is 34.6 Å². The first-order chi connectivity index (χ1) is 7.34. The molecule has 0 radical (unpaired) electrons. The summed E-state index contributed by atoms with van der Waals surface area (Å²) < 4.78 is 0. The van der Waals surface area contributed by atoms with Gasteiger partial charge >= 0.3 is 0 Å². The Kier molecular flexibility index (Phi) is 6.23. The highest BCUT2D eigenvalue weighted by Gasteiger charge is 2.03. The Labute approximate surface area is 97.7 Å². The maximum Gasteiger partial charge on any atom is 0.159 e. The summed E-state index contributed by atoms with van der Waals surface area (Å²) in [5.74, 6) is 0.772. The fourth-order valence-electron chi connectivity index (χ4n) is 0.775. The standard InChI is InChI=1S/C13H20N2O/c1-9(2)7-14-13(11(5)12(6)16)15-8-10(3)4/h7-8,10H,1H2,2-6H3/b13-11+,14-7-,15-8-. The molecular formula is C13H20N2O. The van der Waals surface area contributed by atoms with Crippen molar-refractivity contribution in [2.24, 2.45) is 15.9 Å². The lowest BCUT2D eigenvalue weighted by Crippen LogP contribution is -1.97. The number of Topliss-reactive ketones (excluding diaryl/α,β-unsaturated/α-hetero) is 1. The molecule has 3 nitrogen and oxygen atoms in total. The molecule has 0 saturated heterocycles. The first kappa shape index (κ1) is 14.5. The average molecular weight is 220 g/mol. The van der Waals surface area contributed by atoms with E-state index >= 15 is 0 Å². The number of hydrogen-bond donors (Lipinski definition) is 0. The highest BCUT2D eigenvalue weighted by atomic mass is 16.1. The summed E-state index contributed by atoms with van der Waals surface area (Å²) in [6.07, 6.45) is 3.39. The Morgan fingerprint density at radius 2 is 1.75 bits per heavy atom. The fourth-order valence-corrected chi connectivity index (χ4v) is 0.775. The predicted molar refractivity (Wildman–Crippen MR) is 70.0 cm³/mol. The van der Waals surface area contributed by atoms with E-state index in [0.717, 1.165) is 5.57 Å². The van der Waals surface area contributed by atoms with E-state index in [-0.39, 0.29) is 5.78 Å². The third-order valence-electron chi connectivity index (χ3n) is 1.77. The van der Waals surface area contributed by atoms with Crippen LogP contribution in [-0.4, -0.2) is 18.2 Å². The van der Waals surface area contributed by atoms with Gasteiger partial charge in [0.25, 0.3) is 0 Å². The Balaban J connectivity index is 5.14. The van der Waals surface area contributed by atoms with Crippen LogP contribution >= 0.6 is 0 Å². The van der Waals surface area contributed by atoms with Crippen molar-refractivity contribution in [2.75, 3.05) is 0 Å². The van der Waals surface area contributed by atoms with Gasteiger partial charge in [0, 0.05) is 18.0 Å². The van der Waals surface area contributed by atoms with E-state index in [1.165, 1.54) is 6.92 Å². The zero-order chi connectivity index (χ0) is 12.7. The molecule has 0 aliphatic rings. The minimum Gasteiger partial charge on any atom is -0.295 e. The third-order valence-corrected chi connectivity index (χ3v) is 1.77. The summed E-state index contributed by atoms with van der Waals surface area (Å²) in [6, 6.07) is 0. The lowest BCUT2D eigenvalue weighted by atomic mass is 10.2. The van der Waals surface area contributed by atoms with Gasteiger partial charge in [0.2, 0.25) is 0 Å². The Bertz CT molecular complexity index is 360. The number of carbonyl (C=O) groups excluding carboxylic acids is 1. The van der Waals surface area contributed by atoms with Gasteiger partial charge in [-0.1, -0.05) is 20.4 Å². The molecule has 88 valence electrons. The summed E-state index contributed by atoms with van der Waals surface area (Å²) in [6.45, 7) is 12.8. The highest BCUT2D eigenvalue weighted by molar-refractivity contribution is 5.94. The van der Waals surface area contributed by atoms with E-state index in [4.69, 9.17) is 0 Å². The lowest BCUT2D eigenvalue weighted by Gasteiger charge is -2.00. The number of nitrogens with zero attached hydrogens (tertiary/aromatic N) is 2. The van der Waals surface area contributed by atoms with Crippen LogP contribution in [0.5, 0.6) is 0 Å². The van der Waals surface area contributed by atoms with Crippen molar-refractivity contribution < 1.29 is 4.79 Å². The topological polar surface area (TPSA) is 41.8 Å². The molecule has 0 aromatic rings. The van der Waals surface area contributed by atoms with Crippen LogP contribution in [0.1, 0.15) is 34.6 Å². The number of aliphatic imine (C=N–C) groups is 2. The molecule has 3 heteroatoms. The number of allylic oxidation sites excluding steroid dienone is 2. The van der Waals surface area contributed by atoms with Crippen molar-refractivity contribution in [1.29, 1.82) is 0 Å². The second-order valence-electron chi connectivity index (χ2n) is 4.13. The van der Waals surface area contributed by atoms with E-state index < -0.39 is 0 Å². The molecule has 0 aliphatic heterocycles. The van der Waals surface area contributed by atoms with Crippen molar-refractivity contribution >= 4 is 18.2 Å². The average Bonchev–Trinajstić information content (AvgIpc) is 2.16. The molecule has 16 heavy (non-hydrogen) atoms. The van der Waals surface area contributed by atoms with Crippen LogP contribution in [0.2, 0.25) is 0 Å². The molecule has 0 heterocycles. The first-order valence-corrected chi connectivity index (χ1v) is 5.30. The van der Waals surface area contributed by atoms with Crippen LogP contribution in [0.4, 0.5) is 0 Å². The monoisotopic (exact) mass is 220 g/mol. The van der Waals surface area contributed by atoms with Gasteiger partial charge in [-0.05, 0) is 32.3 Å². The molecule has 0 bridgehead atoms. The van der Waals surface area contributed by atoms with Gasteiger partial charge in [-0.2, -0.15) is 0 Å². The number of hydrogen-bond acceptors (Lipinski definition) is 3. The smallest absolute Gasteiger partial charge is 0.159 e. The van der Waals surface area contributed by atoms with Crippen LogP contribution in [0.15, 0.2) is 33.5 Å². The summed E-state index contributed by atoms with van der Waals surface area (Å²) >= 11 is 0. The van der Waals surface area contributed by atoms with Gasteiger partial charge in [0.05, 0.1) is 0 Å². The van der Waals surface area contributed by atoms with E-state index in [2.05, 4.69) is 16.6 Å². The molecule has 0 amide bonds. The second kappa shape index (κ2) is 6.88. The molecule has 0 saturated carbocycles. The van der Waals surface area contributed by atoms with Crippen LogP contribution in [-0.2, 0) is 4.79 Å². The third kappa shape index (κ3) is 6.06. The van der Waals surface area contributed by atoms with Crippen LogP contribution in [0, 0.1) is 5.92 Å². The fraction of sp³-hybridized carbons (Fsp3) is 0.462. The maximum atomic E-state index is 11.2. The van der Waals surface area contributed by atoms with Crippen molar-refractivity contribution in [3.8, 4) is 0 Å². The van der Waals surface area contributed by atoms with Gasteiger partial charge in [-0.3, -0.25) is 4.79 Å². The van der Waals surface area contributed by atoms with Crippen molar-refractivity contribution in [3.05, 3.63) is 23.5 Å². The van der Waals surface area contributed by atoms with Crippen molar-refractivity contribution in [3.63, 3.8) is 0 Å². The predicted octanol–water partition coefficient (Wildman–Crippen LogP) is 3.18. The quantitative estimate of drug-likeness (QED) is 0.518. The summed E-state index contributed by atoms with van der Waals surface area (Å²) in [4.78, 5) is 19.6. The van der Waals surface area contributed by atoms with Crippen LogP contribution in [0.25, 0.3) is 0 Å². The van der Waals surface area contributed by atoms with E-state index in [1.54, 1.807) is 19.4 Å². The van der Waals surface area contributed by atoms with Crippen LogP contribution < -0.4 is 0 Å². The molecule has 0 unspecified atom stereocenters. The minimum absolute atomic E-state index is 0.0187. The Morgan fingerprint density at radius 1 is 1.19 bits per heavy atom. The zero-order valence-electron chi connectivity index (χ0n) is 10.7. The molecule has 0 rings (SSSR count). The van der Waals surface area contributed by atoms with E-state index in [9.17, 15) is 4.79 Å². The van der Waals surface area contributed by atoms with E-state index in [1.807, 2.05) is 20.8 Å². The zero-order valence-corrected chi connectivity index (χ0v) is 10.7. The van der Waals surface area contributed by atoms with E-state index in [0.29, 0.717) is 17.3 Å². The highest BCUT2D eigenvalue weighted by Crippen LogP contribution is 2.09. The number of ketones is 1. The maximum absolute atomic E-state index is 11.2. The molecular weight excluding hydrogens is 200 g/mol. The summed E-state index contributed by atoms with van der Waals surface area (Å²) in [7, 11) is 0. The summed E-state index contributed by atoms with van der Waals surface area (Å²) in [5.41, 5.74) is 1.39. The molecule has 0 N–H and O–H groups in total. The molecule has 0 aromatic heterocycles. The van der Waals surface area contributed by atoms with Crippen molar-refractivity contribution in [1.82, 2.24) is 0 Å². The van der Waals surface area contributed by atoms with Gasteiger partial charge in [0.15, 0.2) is 11.6 Å². The first-order valence-electron chi connectivity index (χ1n) is 5.30. The van der Waals surface area contributed by atoms with Gasteiger partial charge in [-0.25, -0.2) is 9.98 Å². The normalized spacial score (nSPS) is 13.6. The van der Waals surface area contributed by atoms with Gasteiger partial charge < -0.3 is 0 Å². The Hall–Kier alpha value is -1.51. The minimum atomic E-state index is -0.0187. The SMILES string of the molecule is C=C(C)\C=N/C(/N=C\C(C)C)=C(/C)C(C)=O. The largest absolute Gasteiger partial charge is 0.295 e. The van der Waals surface area contributed by atoms with Gasteiger partial charge in [-0.15, -0.1) is 0 Å². The van der Waals surface area contributed by atoms with Crippen LogP contribution in [0.3, 0.4) is 0 Å². The Morgan fingerprint density at radius 3 is 2.12 bits per heavy atom. The molecule has 0 spiro atoms. The molecule has 0 aromatic carbocycles. The number of rotatable bonds is 5. The number of carbonyl (C=O) groups is 1. The lowest BCUT2D eigenvalue weighted by molar-refractivity contribution is -0.113. The summed E-state index contributed by atoms with van der Waals surface area (Å²) in [5, 5.41) is 0. The second-order valence-corrected chi connectivity index (χ2v) is 4.13. The molecule has 0 fully saturated rings. The van der Waals surface area contributed by atoms with Gasteiger partial charge in [0.1, 0.15) is 0 Å². The molecule has 0 aliphatic carbocycles.